The van der Waals surface area contributed by atoms with E-state index in [1.165, 1.54) is 0 Å². The predicted molar refractivity (Wildman–Crippen MR) is 79.9 cm³/mol. The van der Waals surface area contributed by atoms with Gasteiger partial charge in [0.1, 0.15) is 5.75 Å². The minimum absolute atomic E-state index is 0.0161. The Morgan fingerprint density at radius 1 is 1.40 bits per heavy atom. The molecule has 20 heavy (non-hydrogen) atoms. The fraction of sp³-hybridized carbons (Fsp3) is 0.533. The van der Waals surface area contributed by atoms with E-state index < -0.39 is 0 Å². The highest BCUT2D eigenvalue weighted by Crippen LogP contribution is 2.25. The van der Waals surface area contributed by atoms with Crippen LogP contribution in [-0.2, 0) is 0 Å². The Morgan fingerprint density at radius 2 is 2.10 bits per heavy atom. The summed E-state index contributed by atoms with van der Waals surface area (Å²) < 4.78 is 5.17. The topological polar surface area (TPSA) is 58.8 Å². The number of benzene rings is 1. The number of hydrogen-bond acceptors (Lipinski definition) is 4. The van der Waals surface area contributed by atoms with Crippen LogP contribution in [0.25, 0.3) is 0 Å². The van der Waals surface area contributed by atoms with Gasteiger partial charge in [-0.15, -0.1) is 0 Å². The zero-order chi connectivity index (χ0) is 14.9. The maximum atomic E-state index is 12.6. The number of likely N-dealkylation sites (N-methyl/N-ethyl adjacent to an activating group) is 1. The van der Waals surface area contributed by atoms with Gasteiger partial charge >= 0.3 is 0 Å². The summed E-state index contributed by atoms with van der Waals surface area (Å²) in [7, 11) is 5.68. The van der Waals surface area contributed by atoms with Crippen LogP contribution in [0.1, 0.15) is 17.3 Å². The van der Waals surface area contributed by atoms with E-state index in [9.17, 15) is 4.79 Å². The molecule has 1 aromatic carbocycles. The molecule has 1 aliphatic heterocycles. The second-order valence-corrected chi connectivity index (χ2v) is 5.67. The van der Waals surface area contributed by atoms with Crippen molar-refractivity contribution < 1.29 is 9.53 Å². The van der Waals surface area contributed by atoms with E-state index in [2.05, 4.69) is 25.9 Å². The van der Waals surface area contributed by atoms with Crippen molar-refractivity contribution in [3.63, 3.8) is 0 Å². The fourth-order valence-corrected chi connectivity index (χ4v) is 2.81. The molecule has 1 saturated heterocycles. The number of carbonyl (C=O) groups excluding carboxylic acids is 1. The summed E-state index contributed by atoms with van der Waals surface area (Å²) in [6.07, 6.45) is 0. The average Bonchev–Trinajstić information content (AvgIpc) is 2.81. The molecule has 1 amide bonds. The summed E-state index contributed by atoms with van der Waals surface area (Å²) in [4.78, 5) is 16.7. The normalized spacial score (nSPS) is 22.4. The molecule has 110 valence electrons. The van der Waals surface area contributed by atoms with Gasteiger partial charge in [-0.05, 0) is 38.2 Å². The van der Waals surface area contributed by atoms with Crippen LogP contribution in [-0.4, -0.2) is 56.0 Å². The number of carbonyl (C=O) groups is 1. The molecule has 2 N–H and O–H groups in total. The van der Waals surface area contributed by atoms with Crippen LogP contribution in [0, 0.1) is 5.92 Å². The zero-order valence-corrected chi connectivity index (χ0v) is 12.6. The third-order valence-electron chi connectivity index (χ3n) is 4.01. The minimum atomic E-state index is -0.0161. The van der Waals surface area contributed by atoms with Crippen molar-refractivity contribution >= 4 is 11.6 Å². The molecule has 1 fully saturated rings. The van der Waals surface area contributed by atoms with E-state index in [1.807, 2.05) is 4.90 Å². The number of nitrogens with two attached hydrogens (primary N) is 1. The van der Waals surface area contributed by atoms with Crippen molar-refractivity contribution in [1.29, 1.82) is 0 Å². The van der Waals surface area contributed by atoms with Gasteiger partial charge < -0.3 is 20.3 Å². The number of rotatable bonds is 3. The quantitative estimate of drug-likeness (QED) is 0.846. The molecule has 1 aromatic rings. The first-order valence-corrected chi connectivity index (χ1v) is 6.83. The highest BCUT2D eigenvalue weighted by molar-refractivity contribution is 5.99. The molecule has 1 heterocycles. The van der Waals surface area contributed by atoms with Crippen molar-refractivity contribution in [2.75, 3.05) is 40.0 Å². The fourth-order valence-electron chi connectivity index (χ4n) is 2.81. The van der Waals surface area contributed by atoms with Crippen molar-refractivity contribution in [2.45, 2.75) is 13.0 Å². The lowest BCUT2D eigenvalue weighted by atomic mass is 10.1. The molecule has 0 bridgehead atoms. The Kier molecular flexibility index (Phi) is 4.18. The van der Waals surface area contributed by atoms with Crippen LogP contribution in [0.2, 0.25) is 0 Å². The largest absolute Gasteiger partial charge is 0.497 e. The molecule has 5 nitrogen and oxygen atoms in total. The number of methoxy groups -OCH3 is 1. The molecular formula is C15H23N3O2. The summed E-state index contributed by atoms with van der Waals surface area (Å²) in [6, 6.07) is 5.59. The Balaban J connectivity index is 2.20. The molecule has 0 aromatic heterocycles. The van der Waals surface area contributed by atoms with E-state index in [0.29, 0.717) is 29.0 Å². The molecule has 0 aliphatic carbocycles. The lowest BCUT2D eigenvalue weighted by molar-refractivity contribution is 0.0782. The third-order valence-corrected chi connectivity index (χ3v) is 4.01. The monoisotopic (exact) mass is 277 g/mol. The average molecular weight is 277 g/mol. The number of nitrogen functional groups attached to an aromatic ring is 1. The van der Waals surface area contributed by atoms with Crippen molar-refractivity contribution in [3.8, 4) is 5.75 Å². The molecule has 0 spiro atoms. The first-order chi connectivity index (χ1) is 9.43. The van der Waals surface area contributed by atoms with Gasteiger partial charge in [0, 0.05) is 24.8 Å². The first-order valence-electron chi connectivity index (χ1n) is 6.83. The lowest BCUT2D eigenvalue weighted by Gasteiger charge is -2.22. The highest BCUT2D eigenvalue weighted by Gasteiger charge is 2.34. The molecule has 1 aliphatic rings. The van der Waals surface area contributed by atoms with E-state index in [4.69, 9.17) is 10.5 Å². The van der Waals surface area contributed by atoms with Gasteiger partial charge in [-0.1, -0.05) is 6.92 Å². The van der Waals surface area contributed by atoms with Gasteiger partial charge in [-0.25, -0.2) is 0 Å². The Bertz CT molecular complexity index is 502. The minimum Gasteiger partial charge on any atom is -0.497 e. The third kappa shape index (κ3) is 2.72. The maximum Gasteiger partial charge on any atom is 0.256 e. The summed E-state index contributed by atoms with van der Waals surface area (Å²) in [5.74, 6) is 1.09. The van der Waals surface area contributed by atoms with Crippen molar-refractivity contribution in [3.05, 3.63) is 23.8 Å². The molecule has 2 rings (SSSR count). The first kappa shape index (κ1) is 14.7. The summed E-state index contributed by atoms with van der Waals surface area (Å²) in [5, 5.41) is 0. The van der Waals surface area contributed by atoms with Gasteiger partial charge in [0.2, 0.25) is 0 Å². The van der Waals surface area contributed by atoms with Gasteiger partial charge in [-0.2, -0.15) is 0 Å². The lowest BCUT2D eigenvalue weighted by Crippen LogP contribution is -2.36. The van der Waals surface area contributed by atoms with Crippen LogP contribution in [0.3, 0.4) is 0 Å². The molecule has 2 unspecified atom stereocenters. The van der Waals surface area contributed by atoms with E-state index >= 15 is 0 Å². The van der Waals surface area contributed by atoms with Gasteiger partial charge in [0.15, 0.2) is 0 Å². The van der Waals surface area contributed by atoms with E-state index in [-0.39, 0.29) is 5.91 Å². The molecule has 2 atom stereocenters. The summed E-state index contributed by atoms with van der Waals surface area (Å²) in [6.45, 7) is 3.68. The number of likely N-dealkylation sites (tertiary alicyclic amines) is 1. The van der Waals surface area contributed by atoms with Gasteiger partial charge in [0.25, 0.3) is 5.91 Å². The Labute approximate surface area is 120 Å². The van der Waals surface area contributed by atoms with E-state index in [1.54, 1.807) is 25.3 Å². The molecule has 0 radical (unpaired) electrons. The molecule has 5 heteroatoms. The Morgan fingerprint density at radius 3 is 2.65 bits per heavy atom. The predicted octanol–water partition coefficient (Wildman–Crippen LogP) is 1.30. The number of anilines is 1. The number of amides is 1. The maximum absolute atomic E-state index is 12.6. The van der Waals surface area contributed by atoms with Crippen LogP contribution in [0.15, 0.2) is 18.2 Å². The van der Waals surface area contributed by atoms with Crippen LogP contribution >= 0.6 is 0 Å². The second kappa shape index (κ2) is 5.71. The zero-order valence-electron chi connectivity index (χ0n) is 12.6. The van der Waals surface area contributed by atoms with Crippen LogP contribution in [0.4, 0.5) is 5.69 Å². The number of hydrogen-bond donors (Lipinski definition) is 1. The van der Waals surface area contributed by atoms with E-state index in [0.717, 1.165) is 13.1 Å². The standard InChI is InChI=1S/C15H23N3O2/c1-10-8-18(9-14(10)17(2)3)15(19)12-7-11(20-4)5-6-13(12)16/h5-7,10,14H,8-9,16H2,1-4H3. The second-order valence-electron chi connectivity index (χ2n) is 5.67. The summed E-state index contributed by atoms with van der Waals surface area (Å²) in [5.41, 5.74) is 6.95. The highest BCUT2D eigenvalue weighted by atomic mass is 16.5. The van der Waals surface area contributed by atoms with Crippen LogP contribution < -0.4 is 10.5 Å². The number of nitrogens with zero attached hydrogens (tertiary/aromatic N) is 2. The van der Waals surface area contributed by atoms with Gasteiger partial charge in [0.05, 0.1) is 12.7 Å². The smallest absolute Gasteiger partial charge is 0.256 e. The van der Waals surface area contributed by atoms with Crippen molar-refractivity contribution in [1.82, 2.24) is 9.80 Å². The molecular weight excluding hydrogens is 254 g/mol. The SMILES string of the molecule is COc1ccc(N)c(C(=O)N2CC(C)C(N(C)C)C2)c1. The van der Waals surface area contributed by atoms with Gasteiger partial charge in [-0.3, -0.25) is 4.79 Å². The van der Waals surface area contributed by atoms with Crippen molar-refractivity contribution in [2.24, 2.45) is 5.92 Å². The number of ether oxygens (including phenoxy) is 1. The summed E-state index contributed by atoms with van der Waals surface area (Å²) >= 11 is 0. The molecule has 0 saturated carbocycles. The van der Waals surface area contributed by atoms with Crippen LogP contribution in [0.5, 0.6) is 5.75 Å². The Hall–Kier alpha value is -1.75.